The fourth-order valence-electron chi connectivity index (χ4n) is 2.95. The lowest BCUT2D eigenvalue weighted by Gasteiger charge is -2.28. The van der Waals surface area contributed by atoms with E-state index < -0.39 is 0 Å². The molecule has 1 N–H and O–H groups in total. The molecule has 0 radical (unpaired) electrons. The Hall–Kier alpha value is -2.35. The second-order valence-corrected chi connectivity index (χ2v) is 6.69. The van der Waals surface area contributed by atoms with Crippen LogP contribution in [-0.2, 0) is 4.79 Å². The first-order chi connectivity index (χ1) is 12.5. The van der Waals surface area contributed by atoms with Crippen molar-refractivity contribution in [2.24, 2.45) is 0 Å². The largest absolute Gasteiger partial charge is 0.348 e. The first kappa shape index (κ1) is 20.0. The SMILES string of the molecule is CCN(CC(=O)N[C@@H](C)c1ccccc1Cl)[C@@H](C)c1ccc(C#N)cc1. The first-order valence-corrected chi connectivity index (χ1v) is 9.12. The van der Waals surface area contributed by atoms with Crippen LogP contribution in [0.5, 0.6) is 0 Å². The first-order valence-electron chi connectivity index (χ1n) is 8.74. The number of carbonyl (C=O) groups is 1. The van der Waals surface area contributed by atoms with E-state index in [0.29, 0.717) is 17.1 Å². The molecule has 2 atom stereocenters. The van der Waals surface area contributed by atoms with Crippen molar-refractivity contribution in [1.29, 1.82) is 5.26 Å². The summed E-state index contributed by atoms with van der Waals surface area (Å²) in [4.78, 5) is 14.6. The zero-order chi connectivity index (χ0) is 19.1. The Labute approximate surface area is 160 Å². The maximum absolute atomic E-state index is 12.5. The van der Waals surface area contributed by atoms with Crippen LogP contribution < -0.4 is 5.32 Å². The molecule has 0 bridgehead atoms. The van der Waals surface area contributed by atoms with Crippen molar-refractivity contribution in [3.8, 4) is 6.07 Å². The molecule has 2 aromatic carbocycles. The van der Waals surface area contributed by atoms with E-state index >= 15 is 0 Å². The predicted molar refractivity (Wildman–Crippen MR) is 105 cm³/mol. The molecule has 0 aliphatic heterocycles. The van der Waals surface area contributed by atoms with Crippen molar-refractivity contribution < 1.29 is 4.79 Å². The third kappa shape index (κ3) is 5.08. The summed E-state index contributed by atoms with van der Waals surface area (Å²) in [5.74, 6) is -0.0419. The molecule has 4 nitrogen and oxygen atoms in total. The lowest BCUT2D eigenvalue weighted by Crippen LogP contribution is -2.39. The number of nitrogens with zero attached hydrogens (tertiary/aromatic N) is 2. The van der Waals surface area contributed by atoms with E-state index in [1.165, 1.54) is 0 Å². The Morgan fingerprint density at radius 3 is 2.42 bits per heavy atom. The monoisotopic (exact) mass is 369 g/mol. The lowest BCUT2D eigenvalue weighted by molar-refractivity contribution is -0.123. The van der Waals surface area contributed by atoms with Crippen LogP contribution in [0.25, 0.3) is 0 Å². The number of carbonyl (C=O) groups excluding carboxylic acids is 1. The molecule has 136 valence electrons. The third-order valence-electron chi connectivity index (χ3n) is 4.57. The minimum Gasteiger partial charge on any atom is -0.348 e. The highest BCUT2D eigenvalue weighted by atomic mass is 35.5. The van der Waals surface area contributed by atoms with Gasteiger partial charge in [-0.05, 0) is 49.7 Å². The van der Waals surface area contributed by atoms with E-state index in [2.05, 4.69) is 23.2 Å². The summed E-state index contributed by atoms with van der Waals surface area (Å²) in [6, 6.07) is 17.1. The van der Waals surface area contributed by atoms with Crippen LogP contribution in [0.15, 0.2) is 48.5 Å². The highest BCUT2D eigenvalue weighted by molar-refractivity contribution is 6.31. The molecule has 0 aliphatic rings. The molecule has 2 aromatic rings. The molecule has 0 spiro atoms. The van der Waals surface area contributed by atoms with Crippen LogP contribution >= 0.6 is 11.6 Å². The number of rotatable bonds is 7. The Bertz CT molecular complexity index is 783. The molecule has 0 aliphatic carbocycles. The zero-order valence-corrected chi connectivity index (χ0v) is 16.1. The van der Waals surface area contributed by atoms with Gasteiger partial charge in [0.2, 0.25) is 5.91 Å². The maximum atomic E-state index is 12.5. The molecule has 0 aromatic heterocycles. The number of benzene rings is 2. The van der Waals surface area contributed by atoms with Gasteiger partial charge in [0.15, 0.2) is 0 Å². The summed E-state index contributed by atoms with van der Waals surface area (Å²) in [5.41, 5.74) is 2.62. The van der Waals surface area contributed by atoms with Crippen molar-refractivity contribution in [3.05, 3.63) is 70.2 Å². The molecule has 1 amide bonds. The van der Waals surface area contributed by atoms with Crippen LogP contribution in [-0.4, -0.2) is 23.9 Å². The quantitative estimate of drug-likeness (QED) is 0.783. The van der Waals surface area contributed by atoms with Crippen LogP contribution in [0.2, 0.25) is 5.02 Å². The van der Waals surface area contributed by atoms with E-state index in [9.17, 15) is 4.79 Å². The number of hydrogen-bond donors (Lipinski definition) is 1. The fraction of sp³-hybridized carbons (Fsp3) is 0.333. The van der Waals surface area contributed by atoms with E-state index in [-0.39, 0.29) is 18.0 Å². The molecular formula is C21H24ClN3O. The van der Waals surface area contributed by atoms with E-state index in [1.54, 1.807) is 12.1 Å². The van der Waals surface area contributed by atoms with Gasteiger partial charge in [-0.3, -0.25) is 9.69 Å². The Balaban J connectivity index is 2.00. The minimum atomic E-state index is -0.153. The van der Waals surface area contributed by atoms with Gasteiger partial charge in [-0.2, -0.15) is 5.26 Å². The number of hydrogen-bond acceptors (Lipinski definition) is 3. The van der Waals surface area contributed by atoms with Gasteiger partial charge in [0.1, 0.15) is 0 Å². The molecule has 5 heteroatoms. The summed E-state index contributed by atoms with van der Waals surface area (Å²) in [6.07, 6.45) is 0. The van der Waals surface area contributed by atoms with Crippen LogP contribution in [0.4, 0.5) is 0 Å². The van der Waals surface area contributed by atoms with E-state index in [4.69, 9.17) is 16.9 Å². The van der Waals surface area contributed by atoms with Gasteiger partial charge in [0.05, 0.1) is 24.2 Å². The maximum Gasteiger partial charge on any atom is 0.234 e. The van der Waals surface area contributed by atoms with Gasteiger partial charge in [-0.15, -0.1) is 0 Å². The molecule has 0 unspecified atom stereocenters. The van der Waals surface area contributed by atoms with Crippen molar-refractivity contribution in [3.63, 3.8) is 0 Å². The van der Waals surface area contributed by atoms with Gasteiger partial charge >= 0.3 is 0 Å². The number of amides is 1. The highest BCUT2D eigenvalue weighted by Gasteiger charge is 2.19. The summed E-state index contributed by atoms with van der Waals surface area (Å²) < 4.78 is 0. The van der Waals surface area contributed by atoms with Crippen LogP contribution in [0.3, 0.4) is 0 Å². The fourth-order valence-corrected chi connectivity index (χ4v) is 3.24. The van der Waals surface area contributed by atoms with Gasteiger partial charge < -0.3 is 5.32 Å². The molecule has 0 fully saturated rings. The van der Waals surface area contributed by atoms with Crippen LogP contribution in [0.1, 0.15) is 49.5 Å². The van der Waals surface area contributed by atoms with Gasteiger partial charge in [-0.1, -0.05) is 48.9 Å². The molecule has 2 rings (SSSR count). The molecular weight excluding hydrogens is 346 g/mol. The normalized spacial score (nSPS) is 13.1. The third-order valence-corrected chi connectivity index (χ3v) is 4.92. The summed E-state index contributed by atoms with van der Waals surface area (Å²) in [5, 5.41) is 12.6. The van der Waals surface area contributed by atoms with Crippen molar-refractivity contribution >= 4 is 17.5 Å². The average Bonchev–Trinajstić information content (AvgIpc) is 2.65. The van der Waals surface area contributed by atoms with E-state index in [0.717, 1.165) is 17.7 Å². The standard InChI is InChI=1S/C21H24ClN3O/c1-4-25(16(3)18-11-9-17(13-23)10-12-18)14-21(26)24-15(2)19-7-5-6-8-20(19)22/h5-12,15-16H,4,14H2,1-3H3,(H,24,26)/t15-,16-/m0/s1. The second kappa shape index (κ2) is 9.38. The molecule has 0 heterocycles. The molecule has 0 saturated carbocycles. The molecule has 0 saturated heterocycles. The topological polar surface area (TPSA) is 56.1 Å². The van der Waals surface area contributed by atoms with E-state index in [1.807, 2.05) is 50.2 Å². The Kier molecular flexibility index (Phi) is 7.20. The lowest BCUT2D eigenvalue weighted by atomic mass is 10.0. The minimum absolute atomic E-state index is 0.0419. The van der Waals surface area contributed by atoms with Gasteiger partial charge in [-0.25, -0.2) is 0 Å². The number of halogens is 1. The number of likely N-dealkylation sites (N-methyl/N-ethyl adjacent to an activating group) is 1. The van der Waals surface area contributed by atoms with Crippen molar-refractivity contribution in [2.45, 2.75) is 32.9 Å². The summed E-state index contributed by atoms with van der Waals surface area (Å²) in [6.45, 7) is 7.07. The predicted octanol–water partition coefficient (Wildman–Crippen LogP) is 4.47. The van der Waals surface area contributed by atoms with Gasteiger partial charge in [0.25, 0.3) is 0 Å². The summed E-state index contributed by atoms with van der Waals surface area (Å²) >= 11 is 6.21. The summed E-state index contributed by atoms with van der Waals surface area (Å²) in [7, 11) is 0. The number of nitrogens with one attached hydrogen (secondary N) is 1. The van der Waals surface area contributed by atoms with Crippen molar-refractivity contribution in [2.75, 3.05) is 13.1 Å². The van der Waals surface area contributed by atoms with Crippen LogP contribution in [0, 0.1) is 11.3 Å². The molecule has 26 heavy (non-hydrogen) atoms. The smallest absolute Gasteiger partial charge is 0.234 e. The van der Waals surface area contributed by atoms with Crippen molar-refractivity contribution in [1.82, 2.24) is 10.2 Å². The highest BCUT2D eigenvalue weighted by Crippen LogP contribution is 2.23. The average molecular weight is 370 g/mol. The van der Waals surface area contributed by atoms with Gasteiger partial charge in [0, 0.05) is 11.1 Å². The Morgan fingerprint density at radius 2 is 1.85 bits per heavy atom. The Morgan fingerprint density at radius 1 is 1.19 bits per heavy atom. The zero-order valence-electron chi connectivity index (χ0n) is 15.4. The number of nitriles is 1. The second-order valence-electron chi connectivity index (χ2n) is 6.28.